The van der Waals surface area contributed by atoms with Gasteiger partial charge in [-0.05, 0) is 58.8 Å². The molecule has 0 amide bonds. The fourth-order valence-corrected chi connectivity index (χ4v) is 4.36. The van der Waals surface area contributed by atoms with Gasteiger partial charge in [0.1, 0.15) is 5.60 Å². The molecule has 2 fully saturated rings. The van der Waals surface area contributed by atoms with Gasteiger partial charge in [-0.15, -0.1) is 0 Å². The minimum absolute atomic E-state index is 0.274. The van der Waals surface area contributed by atoms with Crippen LogP contribution in [0.15, 0.2) is 0 Å². The first-order valence-electron chi connectivity index (χ1n) is 7.73. The van der Waals surface area contributed by atoms with Crippen molar-refractivity contribution < 1.29 is 9.84 Å². The number of aliphatic hydroxyl groups is 1. The van der Waals surface area contributed by atoms with Crippen molar-refractivity contribution in [3.8, 4) is 6.07 Å². The second kappa shape index (κ2) is 4.21. The van der Waals surface area contributed by atoms with E-state index < -0.39 is 16.6 Å². The summed E-state index contributed by atoms with van der Waals surface area (Å²) in [5, 5.41) is 21.3. The van der Waals surface area contributed by atoms with Crippen LogP contribution in [-0.2, 0) is 4.74 Å². The average molecular weight is 279 g/mol. The molecule has 1 atom stereocenters. The van der Waals surface area contributed by atoms with Crippen molar-refractivity contribution in [3.63, 3.8) is 0 Å². The lowest BCUT2D eigenvalue weighted by Gasteiger charge is -2.51. The van der Waals surface area contributed by atoms with E-state index >= 15 is 0 Å². The molecule has 1 aliphatic heterocycles. The highest BCUT2D eigenvalue weighted by Gasteiger charge is 2.67. The van der Waals surface area contributed by atoms with E-state index in [2.05, 4.69) is 19.9 Å². The van der Waals surface area contributed by atoms with Gasteiger partial charge in [0, 0.05) is 6.42 Å². The Labute approximate surface area is 123 Å². The topological polar surface area (TPSA) is 53.2 Å². The minimum Gasteiger partial charge on any atom is -0.385 e. The van der Waals surface area contributed by atoms with Gasteiger partial charge in [0.05, 0.1) is 22.7 Å². The Morgan fingerprint density at radius 2 is 1.45 bits per heavy atom. The Balaban J connectivity index is 2.40. The fraction of sp³-hybridized carbons (Fsp3) is 0.941. The molecule has 1 saturated heterocycles. The number of hydrogen-bond donors (Lipinski definition) is 1. The molecule has 0 aromatic carbocycles. The van der Waals surface area contributed by atoms with Crippen LogP contribution in [0.3, 0.4) is 0 Å². The molecule has 0 spiro atoms. The van der Waals surface area contributed by atoms with E-state index in [4.69, 9.17) is 4.74 Å². The van der Waals surface area contributed by atoms with Gasteiger partial charge in [0.25, 0.3) is 0 Å². The summed E-state index contributed by atoms with van der Waals surface area (Å²) in [6, 6.07) is 2.50. The van der Waals surface area contributed by atoms with E-state index in [1.165, 1.54) is 0 Å². The van der Waals surface area contributed by atoms with Crippen LogP contribution >= 0.6 is 0 Å². The van der Waals surface area contributed by atoms with E-state index in [-0.39, 0.29) is 11.0 Å². The van der Waals surface area contributed by atoms with Gasteiger partial charge in [-0.25, -0.2) is 0 Å². The standard InChI is InChI=1S/C17H29NO2/c1-13(2)7-9-16(12-18,10-8-13)17(19)11-14(3,4)20-15(17,5)6/h19H,7-11H2,1-6H3. The van der Waals surface area contributed by atoms with Gasteiger partial charge >= 0.3 is 0 Å². The summed E-state index contributed by atoms with van der Waals surface area (Å²) in [6.45, 7) is 12.4. The summed E-state index contributed by atoms with van der Waals surface area (Å²) in [7, 11) is 0. The molecule has 1 unspecified atom stereocenters. The zero-order valence-corrected chi connectivity index (χ0v) is 13.8. The third kappa shape index (κ3) is 2.18. The molecule has 0 aromatic rings. The summed E-state index contributed by atoms with van der Waals surface area (Å²) >= 11 is 0. The van der Waals surface area contributed by atoms with Crippen molar-refractivity contribution >= 4 is 0 Å². The van der Waals surface area contributed by atoms with Crippen LogP contribution in [0.2, 0.25) is 0 Å². The summed E-state index contributed by atoms with van der Waals surface area (Å²) in [5.74, 6) is 0. The Morgan fingerprint density at radius 1 is 0.950 bits per heavy atom. The number of ether oxygens (including phenoxy) is 1. The van der Waals surface area contributed by atoms with Gasteiger partial charge in [0.15, 0.2) is 0 Å². The first-order chi connectivity index (χ1) is 8.89. The maximum absolute atomic E-state index is 11.5. The third-order valence-corrected chi connectivity index (χ3v) is 5.67. The van der Waals surface area contributed by atoms with E-state index in [9.17, 15) is 10.4 Å². The molecular weight excluding hydrogens is 250 g/mol. The van der Waals surface area contributed by atoms with Crippen molar-refractivity contribution in [2.24, 2.45) is 10.8 Å². The van der Waals surface area contributed by atoms with Crippen LogP contribution in [0.1, 0.15) is 73.6 Å². The molecule has 3 nitrogen and oxygen atoms in total. The van der Waals surface area contributed by atoms with E-state index in [0.29, 0.717) is 6.42 Å². The summed E-state index contributed by atoms with van der Waals surface area (Å²) < 4.78 is 6.08. The van der Waals surface area contributed by atoms with Crippen molar-refractivity contribution in [3.05, 3.63) is 0 Å². The average Bonchev–Trinajstić information content (AvgIpc) is 2.44. The number of nitriles is 1. The SMILES string of the molecule is CC1(C)CCC(C#N)(C2(O)CC(C)(C)OC2(C)C)CC1. The highest BCUT2D eigenvalue weighted by atomic mass is 16.5. The second-order valence-corrected chi connectivity index (χ2v) is 8.77. The maximum Gasteiger partial charge on any atom is 0.114 e. The molecule has 1 N–H and O–H groups in total. The van der Waals surface area contributed by atoms with Crippen LogP contribution in [0.4, 0.5) is 0 Å². The number of nitrogens with zero attached hydrogens (tertiary/aromatic N) is 1. The highest BCUT2D eigenvalue weighted by molar-refractivity contribution is 5.23. The Bertz CT molecular complexity index is 434. The van der Waals surface area contributed by atoms with Gasteiger partial charge in [0.2, 0.25) is 0 Å². The maximum atomic E-state index is 11.5. The van der Waals surface area contributed by atoms with Crippen LogP contribution in [0, 0.1) is 22.2 Å². The molecule has 2 rings (SSSR count). The molecule has 20 heavy (non-hydrogen) atoms. The first kappa shape index (κ1) is 15.8. The Morgan fingerprint density at radius 3 is 1.80 bits per heavy atom. The monoisotopic (exact) mass is 279 g/mol. The molecule has 0 bridgehead atoms. The lowest BCUT2D eigenvalue weighted by Crippen LogP contribution is -2.59. The molecule has 1 aliphatic carbocycles. The van der Waals surface area contributed by atoms with Crippen molar-refractivity contribution in [1.29, 1.82) is 5.26 Å². The quantitative estimate of drug-likeness (QED) is 0.794. The zero-order valence-electron chi connectivity index (χ0n) is 13.8. The summed E-state index contributed by atoms with van der Waals surface area (Å²) in [6.07, 6.45) is 4.02. The van der Waals surface area contributed by atoms with Crippen LogP contribution in [-0.4, -0.2) is 21.9 Å². The smallest absolute Gasteiger partial charge is 0.114 e. The van der Waals surface area contributed by atoms with Gasteiger partial charge < -0.3 is 9.84 Å². The van der Waals surface area contributed by atoms with E-state index in [0.717, 1.165) is 25.7 Å². The Hall–Kier alpha value is -0.590. The largest absolute Gasteiger partial charge is 0.385 e. The minimum atomic E-state index is -1.07. The lowest BCUT2D eigenvalue weighted by molar-refractivity contribution is -0.175. The third-order valence-electron chi connectivity index (χ3n) is 5.67. The van der Waals surface area contributed by atoms with Crippen molar-refractivity contribution in [2.45, 2.75) is 90.4 Å². The predicted octanol–water partition coefficient (Wildman–Crippen LogP) is 3.81. The van der Waals surface area contributed by atoms with Crippen LogP contribution in [0.25, 0.3) is 0 Å². The molecule has 114 valence electrons. The first-order valence-corrected chi connectivity index (χ1v) is 7.73. The van der Waals surface area contributed by atoms with Gasteiger partial charge in [-0.2, -0.15) is 5.26 Å². The number of hydrogen-bond acceptors (Lipinski definition) is 3. The predicted molar refractivity (Wildman–Crippen MR) is 79.1 cm³/mol. The molecule has 0 radical (unpaired) electrons. The molecule has 1 saturated carbocycles. The van der Waals surface area contributed by atoms with Gasteiger partial charge in [-0.3, -0.25) is 0 Å². The van der Waals surface area contributed by atoms with Gasteiger partial charge in [-0.1, -0.05) is 13.8 Å². The van der Waals surface area contributed by atoms with E-state index in [1.807, 2.05) is 27.7 Å². The summed E-state index contributed by atoms with van der Waals surface area (Å²) in [5.41, 5.74) is -2.55. The second-order valence-electron chi connectivity index (χ2n) is 8.77. The van der Waals surface area contributed by atoms with Crippen molar-refractivity contribution in [1.82, 2.24) is 0 Å². The molecule has 3 heteroatoms. The van der Waals surface area contributed by atoms with Crippen LogP contribution in [0.5, 0.6) is 0 Å². The molecule has 2 aliphatic rings. The zero-order chi connectivity index (χ0) is 15.4. The molecule has 0 aromatic heterocycles. The van der Waals surface area contributed by atoms with Crippen LogP contribution < -0.4 is 0 Å². The molecular formula is C17H29NO2. The summed E-state index contributed by atoms with van der Waals surface area (Å²) in [4.78, 5) is 0. The lowest BCUT2D eigenvalue weighted by atomic mass is 9.54. The molecule has 1 heterocycles. The normalized spacial score (nSPS) is 37.3. The Kier molecular flexibility index (Phi) is 3.32. The highest BCUT2D eigenvalue weighted by Crippen LogP contribution is 2.60. The number of rotatable bonds is 1. The fourth-order valence-electron chi connectivity index (χ4n) is 4.36. The van der Waals surface area contributed by atoms with E-state index in [1.54, 1.807) is 0 Å². The van der Waals surface area contributed by atoms with Crippen molar-refractivity contribution in [2.75, 3.05) is 0 Å².